The summed E-state index contributed by atoms with van der Waals surface area (Å²) in [5, 5.41) is 13.7. The normalized spacial score (nSPS) is 9.61. The number of nitrogens with one attached hydrogen (secondary N) is 2. The van der Waals surface area contributed by atoms with Crippen LogP contribution in [0.15, 0.2) is 18.3 Å². The lowest BCUT2D eigenvalue weighted by Crippen LogP contribution is -2.29. The van der Waals surface area contributed by atoms with E-state index < -0.39 is 11.9 Å². The minimum atomic E-state index is -1.20. The molecule has 2 amide bonds. The maximum absolute atomic E-state index is 11.6. The molecule has 1 aromatic rings. The first-order valence-electron chi connectivity index (χ1n) is 5.22. The molecule has 0 spiro atoms. The molecule has 96 valence electrons. The monoisotopic (exact) mass is 251 g/mol. The Morgan fingerprint density at radius 3 is 2.72 bits per heavy atom. The van der Waals surface area contributed by atoms with Crippen molar-refractivity contribution in [2.45, 2.75) is 6.42 Å². The Bertz CT molecular complexity index is 473. The summed E-state index contributed by atoms with van der Waals surface area (Å²) in [6.07, 6.45) is 1.41. The Morgan fingerprint density at radius 2 is 2.11 bits per heavy atom. The standard InChI is InChI=1S/C11H13N3O4/c1-12-9(15)3-5-14-10(16)7-2-4-13-8(6-7)11(17)18/h2,4,6H,3,5H2,1H3,(H,12,15)(H,14,16)(H,17,18). The minimum Gasteiger partial charge on any atom is -0.477 e. The number of carboxylic acid groups (broad SMARTS) is 1. The van der Waals surface area contributed by atoms with E-state index in [9.17, 15) is 14.4 Å². The Labute approximate surface area is 103 Å². The summed E-state index contributed by atoms with van der Waals surface area (Å²) in [5.74, 6) is -1.82. The molecule has 0 aliphatic carbocycles. The van der Waals surface area contributed by atoms with Gasteiger partial charge in [0.2, 0.25) is 5.91 Å². The molecule has 1 rings (SSSR count). The smallest absolute Gasteiger partial charge is 0.354 e. The van der Waals surface area contributed by atoms with E-state index in [1.807, 2.05) is 0 Å². The molecular formula is C11H13N3O4. The summed E-state index contributed by atoms with van der Waals surface area (Å²) in [6, 6.07) is 2.58. The van der Waals surface area contributed by atoms with E-state index in [4.69, 9.17) is 5.11 Å². The Hall–Kier alpha value is -2.44. The van der Waals surface area contributed by atoms with Gasteiger partial charge in [0, 0.05) is 31.8 Å². The quantitative estimate of drug-likeness (QED) is 0.662. The molecule has 0 saturated heterocycles. The number of hydrogen-bond donors (Lipinski definition) is 3. The first-order chi connectivity index (χ1) is 8.54. The van der Waals surface area contributed by atoms with E-state index in [0.717, 1.165) is 0 Å². The maximum atomic E-state index is 11.6. The van der Waals surface area contributed by atoms with Gasteiger partial charge in [-0.15, -0.1) is 0 Å². The first-order valence-corrected chi connectivity index (χ1v) is 5.22. The fourth-order valence-electron chi connectivity index (χ4n) is 1.21. The molecule has 0 bridgehead atoms. The summed E-state index contributed by atoms with van der Waals surface area (Å²) >= 11 is 0. The predicted molar refractivity (Wildman–Crippen MR) is 62.2 cm³/mol. The number of carbonyl (C=O) groups excluding carboxylic acids is 2. The van der Waals surface area contributed by atoms with E-state index in [1.165, 1.54) is 25.4 Å². The number of carbonyl (C=O) groups is 3. The fourth-order valence-corrected chi connectivity index (χ4v) is 1.21. The third kappa shape index (κ3) is 3.85. The number of nitrogens with zero attached hydrogens (tertiary/aromatic N) is 1. The molecule has 7 heteroatoms. The van der Waals surface area contributed by atoms with Crippen LogP contribution < -0.4 is 10.6 Å². The summed E-state index contributed by atoms with van der Waals surface area (Å²) in [6.45, 7) is 0.184. The summed E-state index contributed by atoms with van der Waals surface area (Å²) < 4.78 is 0. The zero-order valence-corrected chi connectivity index (χ0v) is 9.77. The molecule has 0 atom stereocenters. The third-order valence-electron chi connectivity index (χ3n) is 2.16. The SMILES string of the molecule is CNC(=O)CCNC(=O)c1ccnc(C(=O)O)c1. The third-order valence-corrected chi connectivity index (χ3v) is 2.16. The van der Waals surface area contributed by atoms with Crippen molar-refractivity contribution in [3.63, 3.8) is 0 Å². The highest BCUT2D eigenvalue weighted by atomic mass is 16.4. The molecule has 0 aliphatic heterocycles. The van der Waals surface area contributed by atoms with Crippen molar-refractivity contribution in [3.8, 4) is 0 Å². The van der Waals surface area contributed by atoms with E-state index >= 15 is 0 Å². The van der Waals surface area contributed by atoms with Gasteiger partial charge >= 0.3 is 5.97 Å². The van der Waals surface area contributed by atoms with Crippen LogP contribution in [0.3, 0.4) is 0 Å². The molecule has 1 aromatic heterocycles. The maximum Gasteiger partial charge on any atom is 0.354 e. The van der Waals surface area contributed by atoms with Crippen molar-refractivity contribution < 1.29 is 19.5 Å². The second-order valence-corrected chi connectivity index (χ2v) is 3.41. The van der Waals surface area contributed by atoms with Crippen molar-refractivity contribution >= 4 is 17.8 Å². The van der Waals surface area contributed by atoms with Crippen LogP contribution in [0.5, 0.6) is 0 Å². The van der Waals surface area contributed by atoms with Gasteiger partial charge in [0.25, 0.3) is 5.91 Å². The Kier molecular flexibility index (Phi) is 4.79. The molecule has 0 fully saturated rings. The lowest BCUT2D eigenvalue weighted by Gasteiger charge is -2.05. The zero-order chi connectivity index (χ0) is 13.5. The molecule has 0 aromatic carbocycles. The summed E-state index contributed by atoms with van der Waals surface area (Å²) in [4.78, 5) is 36.8. The van der Waals surface area contributed by atoms with Crippen LogP contribution in [0.25, 0.3) is 0 Å². The van der Waals surface area contributed by atoms with Gasteiger partial charge in [-0.3, -0.25) is 9.59 Å². The molecular weight excluding hydrogens is 238 g/mol. The van der Waals surface area contributed by atoms with Crippen molar-refractivity contribution in [1.29, 1.82) is 0 Å². The molecule has 1 heterocycles. The van der Waals surface area contributed by atoms with E-state index in [2.05, 4.69) is 15.6 Å². The average Bonchev–Trinajstić information content (AvgIpc) is 2.38. The van der Waals surface area contributed by atoms with Crippen LogP contribution in [0, 0.1) is 0 Å². The number of pyridine rings is 1. The number of carboxylic acids is 1. The van der Waals surface area contributed by atoms with E-state index in [0.29, 0.717) is 0 Å². The summed E-state index contributed by atoms with van der Waals surface area (Å²) in [7, 11) is 1.51. The lowest BCUT2D eigenvalue weighted by atomic mass is 10.2. The van der Waals surface area contributed by atoms with Crippen LogP contribution in [0.1, 0.15) is 27.3 Å². The van der Waals surface area contributed by atoms with Crippen molar-refractivity contribution in [2.75, 3.05) is 13.6 Å². The van der Waals surface area contributed by atoms with Crippen molar-refractivity contribution in [3.05, 3.63) is 29.6 Å². The number of aromatic nitrogens is 1. The largest absolute Gasteiger partial charge is 0.477 e. The lowest BCUT2D eigenvalue weighted by molar-refractivity contribution is -0.120. The highest BCUT2D eigenvalue weighted by Gasteiger charge is 2.10. The van der Waals surface area contributed by atoms with Crippen LogP contribution in [0.2, 0.25) is 0 Å². The number of hydrogen-bond acceptors (Lipinski definition) is 4. The second kappa shape index (κ2) is 6.33. The first kappa shape index (κ1) is 13.6. The number of amides is 2. The highest BCUT2D eigenvalue weighted by molar-refractivity contribution is 5.96. The topological polar surface area (TPSA) is 108 Å². The van der Waals surface area contributed by atoms with Gasteiger partial charge in [0.1, 0.15) is 5.69 Å². The Morgan fingerprint density at radius 1 is 1.39 bits per heavy atom. The molecule has 0 aliphatic rings. The number of aromatic carboxylic acids is 1. The zero-order valence-electron chi connectivity index (χ0n) is 9.77. The molecule has 0 saturated carbocycles. The minimum absolute atomic E-state index is 0.166. The second-order valence-electron chi connectivity index (χ2n) is 3.41. The van der Waals surface area contributed by atoms with Crippen LogP contribution >= 0.6 is 0 Å². The average molecular weight is 251 g/mol. The van der Waals surface area contributed by atoms with Gasteiger partial charge in [-0.1, -0.05) is 0 Å². The molecule has 0 radical (unpaired) electrons. The molecule has 7 nitrogen and oxygen atoms in total. The van der Waals surface area contributed by atoms with Gasteiger partial charge in [0.05, 0.1) is 0 Å². The van der Waals surface area contributed by atoms with Crippen LogP contribution in [0.4, 0.5) is 0 Å². The highest BCUT2D eigenvalue weighted by Crippen LogP contribution is 2.01. The predicted octanol–water partition coefficient (Wildman–Crippen LogP) is -0.354. The van der Waals surface area contributed by atoms with E-state index in [-0.39, 0.29) is 30.1 Å². The number of rotatable bonds is 5. The van der Waals surface area contributed by atoms with Gasteiger partial charge in [-0.05, 0) is 12.1 Å². The summed E-state index contributed by atoms with van der Waals surface area (Å²) in [5.41, 5.74) is -0.00624. The van der Waals surface area contributed by atoms with Gasteiger partial charge in [-0.2, -0.15) is 0 Å². The molecule has 18 heavy (non-hydrogen) atoms. The van der Waals surface area contributed by atoms with Gasteiger partial charge in [-0.25, -0.2) is 9.78 Å². The van der Waals surface area contributed by atoms with Crippen LogP contribution in [-0.4, -0.2) is 41.5 Å². The van der Waals surface area contributed by atoms with Crippen molar-refractivity contribution in [2.24, 2.45) is 0 Å². The molecule has 3 N–H and O–H groups in total. The fraction of sp³-hybridized carbons (Fsp3) is 0.273. The Balaban J connectivity index is 2.59. The van der Waals surface area contributed by atoms with E-state index in [1.54, 1.807) is 0 Å². The van der Waals surface area contributed by atoms with Gasteiger partial charge < -0.3 is 15.7 Å². The van der Waals surface area contributed by atoms with Crippen LogP contribution in [-0.2, 0) is 4.79 Å². The van der Waals surface area contributed by atoms with Crippen molar-refractivity contribution in [1.82, 2.24) is 15.6 Å². The van der Waals surface area contributed by atoms with Gasteiger partial charge in [0.15, 0.2) is 0 Å². The molecule has 0 unspecified atom stereocenters.